The van der Waals surface area contributed by atoms with E-state index in [1.54, 1.807) is 0 Å². The number of rotatable bonds is 2. The fourth-order valence-corrected chi connectivity index (χ4v) is 2.47. The molecule has 2 nitrogen and oxygen atoms in total. The number of thiol groups is 2. The molecule has 2 aromatic carbocycles. The summed E-state index contributed by atoms with van der Waals surface area (Å²) in [6.45, 7) is 0. The van der Waals surface area contributed by atoms with E-state index in [-0.39, 0.29) is 0 Å². The van der Waals surface area contributed by atoms with Crippen LogP contribution in [0.2, 0.25) is 0 Å². The molecule has 0 saturated carbocycles. The molecule has 0 saturated heterocycles. The fourth-order valence-electron chi connectivity index (χ4n) is 2.04. The minimum Gasteiger partial charge on any atom is -0.277 e. The molecule has 0 aliphatic heterocycles. The molecule has 4 heteroatoms. The molecule has 0 unspecified atom stereocenters. The molecule has 0 amide bonds. The molecular weight excluding hydrogens is 272 g/mol. The van der Waals surface area contributed by atoms with E-state index in [9.17, 15) is 0 Å². The lowest BCUT2D eigenvalue weighted by molar-refractivity contribution is 1.09. The molecule has 0 aliphatic rings. The maximum atomic E-state index is 4.51. The average molecular weight is 284 g/mol. The second-order valence-corrected chi connectivity index (χ2v) is 5.22. The van der Waals surface area contributed by atoms with Gasteiger partial charge in [0, 0.05) is 20.9 Å². The molecule has 0 radical (unpaired) electrons. The topological polar surface area (TPSA) is 28.7 Å². The number of hydrogen-bond acceptors (Lipinski definition) is 3. The van der Waals surface area contributed by atoms with Crippen LogP contribution in [0, 0.1) is 0 Å². The molecule has 0 spiro atoms. The van der Waals surface area contributed by atoms with E-state index in [2.05, 4.69) is 35.5 Å². The van der Waals surface area contributed by atoms with Crippen molar-refractivity contribution in [1.29, 1.82) is 0 Å². The lowest BCUT2D eigenvalue weighted by atomic mass is 10.0. The summed E-state index contributed by atoms with van der Waals surface area (Å²) < 4.78 is 0. The van der Waals surface area contributed by atoms with Gasteiger partial charge in [-0.2, -0.15) is 5.10 Å². The van der Waals surface area contributed by atoms with Crippen LogP contribution in [0.5, 0.6) is 0 Å². The van der Waals surface area contributed by atoms with Gasteiger partial charge >= 0.3 is 0 Å². The van der Waals surface area contributed by atoms with Crippen LogP contribution in [0.1, 0.15) is 0 Å². The summed E-state index contributed by atoms with van der Waals surface area (Å²) in [5, 5.41) is 7.22. The van der Waals surface area contributed by atoms with Gasteiger partial charge in [-0.3, -0.25) is 5.10 Å². The Bertz CT molecular complexity index is 702. The molecular formula is C15H12N2S2. The third-order valence-electron chi connectivity index (χ3n) is 2.99. The number of hydrogen-bond donors (Lipinski definition) is 3. The number of nitrogens with one attached hydrogen (secondary N) is 1. The van der Waals surface area contributed by atoms with Gasteiger partial charge < -0.3 is 0 Å². The quantitative estimate of drug-likeness (QED) is 0.601. The van der Waals surface area contributed by atoms with Crippen molar-refractivity contribution >= 4 is 25.3 Å². The highest BCUT2D eigenvalue weighted by atomic mass is 32.1. The van der Waals surface area contributed by atoms with Crippen LogP contribution < -0.4 is 0 Å². The van der Waals surface area contributed by atoms with Crippen LogP contribution in [0.15, 0.2) is 64.5 Å². The van der Waals surface area contributed by atoms with E-state index in [0.717, 1.165) is 32.2 Å². The average Bonchev–Trinajstić information content (AvgIpc) is 2.89. The van der Waals surface area contributed by atoms with Gasteiger partial charge in [-0.05, 0) is 23.8 Å². The number of nitrogens with zero attached hydrogens (tertiary/aromatic N) is 1. The van der Waals surface area contributed by atoms with Gasteiger partial charge in [0.25, 0.3) is 0 Å². The Balaban J connectivity index is 2.13. The summed E-state index contributed by atoms with van der Waals surface area (Å²) in [7, 11) is 0. The Hall–Kier alpha value is -1.65. The zero-order chi connectivity index (χ0) is 13.2. The Morgan fingerprint density at radius 2 is 1.58 bits per heavy atom. The molecule has 3 aromatic rings. The molecule has 0 bridgehead atoms. The molecule has 0 fully saturated rings. The Morgan fingerprint density at radius 3 is 2.32 bits per heavy atom. The molecule has 0 atom stereocenters. The number of benzene rings is 2. The predicted octanol–water partition coefficient (Wildman–Crippen LogP) is 4.32. The van der Waals surface area contributed by atoms with E-state index in [1.807, 2.05) is 54.7 Å². The van der Waals surface area contributed by atoms with Crippen LogP contribution in [0.3, 0.4) is 0 Å². The maximum Gasteiger partial charge on any atom is 0.0729 e. The van der Waals surface area contributed by atoms with Gasteiger partial charge in [-0.15, -0.1) is 25.3 Å². The van der Waals surface area contributed by atoms with Gasteiger partial charge in [-0.1, -0.05) is 30.3 Å². The van der Waals surface area contributed by atoms with E-state index >= 15 is 0 Å². The van der Waals surface area contributed by atoms with E-state index in [4.69, 9.17) is 0 Å². The summed E-state index contributed by atoms with van der Waals surface area (Å²) in [5.41, 5.74) is 4.21. The standard InChI is InChI=1S/C15H12N2S2/c18-11-7-5-10(6-8-11)15-13(9-16-17-15)12-3-1-2-4-14(12)19/h1-9,18-19H,(H,16,17). The molecule has 19 heavy (non-hydrogen) atoms. The SMILES string of the molecule is Sc1ccc(-c2[nH]ncc2-c2ccccc2S)cc1. The lowest BCUT2D eigenvalue weighted by Gasteiger charge is -2.06. The first-order valence-electron chi connectivity index (χ1n) is 5.87. The molecule has 3 rings (SSSR count). The molecule has 94 valence electrons. The minimum absolute atomic E-state index is 0.941. The van der Waals surface area contributed by atoms with Crippen LogP contribution in [-0.4, -0.2) is 10.2 Å². The maximum absolute atomic E-state index is 4.51. The summed E-state index contributed by atoms with van der Waals surface area (Å²) in [6.07, 6.45) is 1.83. The molecule has 1 N–H and O–H groups in total. The Morgan fingerprint density at radius 1 is 0.842 bits per heavy atom. The van der Waals surface area contributed by atoms with Crippen molar-refractivity contribution in [2.45, 2.75) is 9.79 Å². The highest BCUT2D eigenvalue weighted by molar-refractivity contribution is 7.80. The first-order chi connectivity index (χ1) is 9.25. The molecule has 1 heterocycles. The smallest absolute Gasteiger partial charge is 0.0729 e. The number of H-pyrrole nitrogens is 1. The van der Waals surface area contributed by atoms with Gasteiger partial charge in [0.1, 0.15) is 0 Å². The van der Waals surface area contributed by atoms with Crippen molar-refractivity contribution in [3.05, 3.63) is 54.7 Å². The van der Waals surface area contributed by atoms with E-state index < -0.39 is 0 Å². The normalized spacial score (nSPS) is 10.6. The van der Waals surface area contributed by atoms with Gasteiger partial charge in [0.15, 0.2) is 0 Å². The first kappa shape index (κ1) is 12.4. The number of aromatic amines is 1. The van der Waals surface area contributed by atoms with E-state index in [1.165, 1.54) is 0 Å². The van der Waals surface area contributed by atoms with Gasteiger partial charge in [0.2, 0.25) is 0 Å². The second kappa shape index (κ2) is 5.15. The van der Waals surface area contributed by atoms with Crippen molar-refractivity contribution in [3.63, 3.8) is 0 Å². The summed E-state index contributed by atoms with van der Waals surface area (Å²) in [5.74, 6) is 0. The third kappa shape index (κ3) is 2.41. The summed E-state index contributed by atoms with van der Waals surface area (Å²) >= 11 is 8.81. The van der Waals surface area contributed by atoms with Crippen LogP contribution in [0.4, 0.5) is 0 Å². The third-order valence-corrected chi connectivity index (χ3v) is 3.68. The van der Waals surface area contributed by atoms with Crippen LogP contribution >= 0.6 is 25.3 Å². The van der Waals surface area contributed by atoms with Gasteiger partial charge in [-0.25, -0.2) is 0 Å². The van der Waals surface area contributed by atoms with Crippen molar-refractivity contribution in [2.75, 3.05) is 0 Å². The zero-order valence-electron chi connectivity index (χ0n) is 10.0. The summed E-state index contributed by atoms with van der Waals surface area (Å²) in [6, 6.07) is 16.0. The number of aromatic nitrogens is 2. The first-order valence-corrected chi connectivity index (χ1v) is 6.76. The highest BCUT2D eigenvalue weighted by Gasteiger charge is 2.11. The molecule has 0 aliphatic carbocycles. The van der Waals surface area contributed by atoms with Crippen LogP contribution in [-0.2, 0) is 0 Å². The Kier molecular flexibility index (Phi) is 3.36. The molecule has 1 aromatic heterocycles. The summed E-state index contributed by atoms with van der Waals surface area (Å²) in [4.78, 5) is 1.88. The van der Waals surface area contributed by atoms with Crippen molar-refractivity contribution < 1.29 is 0 Å². The van der Waals surface area contributed by atoms with Crippen molar-refractivity contribution in [1.82, 2.24) is 10.2 Å². The monoisotopic (exact) mass is 284 g/mol. The van der Waals surface area contributed by atoms with Crippen LogP contribution in [0.25, 0.3) is 22.4 Å². The van der Waals surface area contributed by atoms with E-state index in [0.29, 0.717) is 0 Å². The van der Waals surface area contributed by atoms with Crippen molar-refractivity contribution in [3.8, 4) is 22.4 Å². The largest absolute Gasteiger partial charge is 0.277 e. The lowest BCUT2D eigenvalue weighted by Crippen LogP contribution is -1.84. The van der Waals surface area contributed by atoms with Crippen molar-refractivity contribution in [2.24, 2.45) is 0 Å². The minimum atomic E-state index is 0.941. The highest BCUT2D eigenvalue weighted by Crippen LogP contribution is 2.33. The second-order valence-electron chi connectivity index (χ2n) is 4.22. The van der Waals surface area contributed by atoms with Gasteiger partial charge in [0.05, 0.1) is 11.9 Å². The fraction of sp³-hybridized carbons (Fsp3) is 0. The Labute approximate surface area is 122 Å². The predicted molar refractivity (Wildman–Crippen MR) is 84.0 cm³/mol. The zero-order valence-corrected chi connectivity index (χ0v) is 11.8.